The van der Waals surface area contributed by atoms with E-state index in [1.807, 2.05) is 104 Å². The van der Waals surface area contributed by atoms with Gasteiger partial charge >= 0.3 is 0 Å². The minimum atomic E-state index is -0.439. The van der Waals surface area contributed by atoms with Gasteiger partial charge in [0.25, 0.3) is 5.91 Å². The Morgan fingerprint density at radius 1 is 0.815 bits per heavy atom. The summed E-state index contributed by atoms with van der Waals surface area (Å²) in [4.78, 5) is 15.5. The Morgan fingerprint density at radius 2 is 1.41 bits per heavy atom. The average Bonchev–Trinajstić information content (AvgIpc) is 3.06. The van der Waals surface area contributed by atoms with Crippen LogP contribution < -0.4 is 9.91 Å². The van der Waals surface area contributed by atoms with Crippen molar-refractivity contribution in [2.75, 3.05) is 24.0 Å². The van der Waals surface area contributed by atoms with Crippen molar-refractivity contribution in [2.45, 2.75) is 5.92 Å². The van der Waals surface area contributed by atoms with Gasteiger partial charge in [0, 0.05) is 19.8 Å². The third-order valence-corrected chi connectivity index (χ3v) is 4.74. The summed E-state index contributed by atoms with van der Waals surface area (Å²) in [5.74, 6) is -0.472. The van der Waals surface area contributed by atoms with E-state index in [0.29, 0.717) is 0 Å². The summed E-state index contributed by atoms with van der Waals surface area (Å²) >= 11 is 0. The maximum absolute atomic E-state index is 13.5. The molecule has 0 radical (unpaired) electrons. The Kier molecular flexibility index (Phi) is 4.47. The minimum absolute atomic E-state index is 0.0330. The second-order valence-electron chi connectivity index (χ2n) is 6.72. The molecular weight excluding hydrogens is 334 g/mol. The fourth-order valence-corrected chi connectivity index (χ4v) is 3.46. The van der Waals surface area contributed by atoms with Gasteiger partial charge in [0.1, 0.15) is 5.92 Å². The molecule has 0 bridgehead atoms. The normalized spacial score (nSPS) is 16.4. The molecule has 1 aliphatic heterocycles. The second kappa shape index (κ2) is 7.08. The smallest absolute Gasteiger partial charge is 0.261 e. The van der Waals surface area contributed by atoms with Crippen LogP contribution in [0.25, 0.3) is 0 Å². The van der Waals surface area contributed by atoms with Crippen LogP contribution in [0.4, 0.5) is 11.4 Å². The molecule has 1 amide bonds. The summed E-state index contributed by atoms with van der Waals surface area (Å²) < 4.78 is 0. The van der Waals surface area contributed by atoms with Gasteiger partial charge in [0.2, 0.25) is 0 Å². The molecule has 0 saturated heterocycles. The molecule has 0 aromatic heterocycles. The zero-order valence-electron chi connectivity index (χ0n) is 15.4. The number of nitrogens with zero attached hydrogens (tertiary/aromatic N) is 3. The van der Waals surface area contributed by atoms with Crippen LogP contribution in [0, 0.1) is 0 Å². The molecule has 3 aromatic carbocycles. The largest absolute Gasteiger partial charge is 0.377 e. The lowest BCUT2D eigenvalue weighted by Gasteiger charge is -2.22. The number of amides is 1. The third-order valence-electron chi connectivity index (χ3n) is 4.74. The summed E-state index contributed by atoms with van der Waals surface area (Å²) in [6.45, 7) is 0. The zero-order valence-corrected chi connectivity index (χ0v) is 15.4. The fraction of sp³-hybridized carbons (Fsp3) is 0.130. The number of hydrogen-bond donors (Lipinski definition) is 0. The van der Waals surface area contributed by atoms with Crippen molar-refractivity contribution in [3.05, 3.63) is 96.1 Å². The summed E-state index contributed by atoms with van der Waals surface area (Å²) in [5, 5.41) is 6.28. The van der Waals surface area contributed by atoms with Crippen LogP contribution in [0.2, 0.25) is 0 Å². The predicted molar refractivity (Wildman–Crippen MR) is 110 cm³/mol. The molecule has 3 aromatic rings. The van der Waals surface area contributed by atoms with E-state index >= 15 is 0 Å². The first kappa shape index (κ1) is 17.0. The topological polar surface area (TPSA) is 35.9 Å². The summed E-state index contributed by atoms with van der Waals surface area (Å²) in [7, 11) is 3.99. The molecule has 1 heterocycles. The van der Waals surface area contributed by atoms with E-state index in [4.69, 9.17) is 5.10 Å². The number of hydrogen-bond acceptors (Lipinski definition) is 3. The molecule has 134 valence electrons. The lowest BCUT2D eigenvalue weighted by molar-refractivity contribution is -0.118. The highest BCUT2D eigenvalue weighted by Crippen LogP contribution is 2.36. The van der Waals surface area contributed by atoms with E-state index in [9.17, 15) is 4.79 Å². The number of anilines is 2. The molecule has 4 rings (SSSR count). The number of rotatable bonds is 4. The quantitative estimate of drug-likeness (QED) is 0.700. The van der Waals surface area contributed by atoms with Gasteiger partial charge < -0.3 is 4.90 Å². The molecule has 1 unspecified atom stereocenters. The molecule has 4 heteroatoms. The van der Waals surface area contributed by atoms with Crippen LogP contribution in [-0.4, -0.2) is 25.7 Å². The molecule has 1 atom stereocenters. The van der Waals surface area contributed by atoms with Gasteiger partial charge in [-0.3, -0.25) is 4.79 Å². The third kappa shape index (κ3) is 3.10. The van der Waals surface area contributed by atoms with Crippen LogP contribution in [0.15, 0.2) is 90.0 Å². The van der Waals surface area contributed by atoms with E-state index in [1.54, 1.807) is 0 Å². The van der Waals surface area contributed by atoms with Gasteiger partial charge in [0.05, 0.1) is 11.4 Å². The predicted octanol–water partition coefficient (Wildman–Crippen LogP) is 4.29. The van der Waals surface area contributed by atoms with Gasteiger partial charge in [-0.05, 0) is 29.3 Å². The molecule has 0 N–H and O–H groups in total. The second-order valence-corrected chi connectivity index (χ2v) is 6.72. The van der Waals surface area contributed by atoms with Crippen molar-refractivity contribution in [3.8, 4) is 0 Å². The molecule has 0 aliphatic carbocycles. The molecular formula is C23H21N3O. The van der Waals surface area contributed by atoms with Gasteiger partial charge in [-0.15, -0.1) is 0 Å². The highest BCUT2D eigenvalue weighted by Gasteiger charge is 2.39. The number of para-hydroxylation sites is 2. The highest BCUT2D eigenvalue weighted by atomic mass is 16.2. The van der Waals surface area contributed by atoms with E-state index in [2.05, 4.69) is 0 Å². The molecule has 27 heavy (non-hydrogen) atoms. The highest BCUT2D eigenvalue weighted by molar-refractivity contribution is 6.25. The Bertz CT molecular complexity index is 981. The van der Waals surface area contributed by atoms with Crippen LogP contribution in [-0.2, 0) is 4.79 Å². The van der Waals surface area contributed by atoms with Crippen LogP contribution in [0.3, 0.4) is 0 Å². The van der Waals surface area contributed by atoms with Crippen LogP contribution >= 0.6 is 0 Å². The average molecular weight is 355 g/mol. The van der Waals surface area contributed by atoms with Crippen LogP contribution in [0.1, 0.15) is 17.0 Å². The number of carbonyl (C=O) groups is 1. The van der Waals surface area contributed by atoms with Gasteiger partial charge in [0.15, 0.2) is 0 Å². The van der Waals surface area contributed by atoms with Crippen molar-refractivity contribution in [3.63, 3.8) is 0 Å². The lowest BCUT2D eigenvalue weighted by Crippen LogP contribution is -2.27. The molecule has 1 aliphatic rings. The minimum Gasteiger partial charge on any atom is -0.377 e. The summed E-state index contributed by atoms with van der Waals surface area (Å²) in [5.41, 5.74) is 4.50. The number of benzene rings is 3. The maximum atomic E-state index is 13.5. The fourth-order valence-electron chi connectivity index (χ4n) is 3.46. The molecule has 0 fully saturated rings. The van der Waals surface area contributed by atoms with Crippen molar-refractivity contribution in [1.82, 2.24) is 0 Å². The van der Waals surface area contributed by atoms with Gasteiger partial charge in [-0.1, -0.05) is 66.7 Å². The van der Waals surface area contributed by atoms with Gasteiger partial charge in [-0.2, -0.15) is 10.1 Å². The molecule has 4 nitrogen and oxygen atoms in total. The first-order chi connectivity index (χ1) is 13.2. The van der Waals surface area contributed by atoms with Gasteiger partial charge in [-0.25, -0.2) is 0 Å². The Labute approximate surface area is 159 Å². The first-order valence-corrected chi connectivity index (χ1v) is 8.96. The molecule has 0 saturated carbocycles. The summed E-state index contributed by atoms with van der Waals surface area (Å²) in [6, 6.07) is 27.5. The van der Waals surface area contributed by atoms with Crippen LogP contribution in [0.5, 0.6) is 0 Å². The number of hydrazone groups is 1. The monoisotopic (exact) mass is 355 g/mol. The van der Waals surface area contributed by atoms with Crippen molar-refractivity contribution < 1.29 is 4.79 Å². The van der Waals surface area contributed by atoms with Crippen molar-refractivity contribution in [2.24, 2.45) is 5.10 Å². The van der Waals surface area contributed by atoms with E-state index < -0.39 is 5.92 Å². The van der Waals surface area contributed by atoms with E-state index in [-0.39, 0.29) is 5.91 Å². The Balaban J connectivity index is 1.87. The Morgan fingerprint density at radius 3 is 2.07 bits per heavy atom. The molecule has 0 spiro atoms. The lowest BCUT2D eigenvalue weighted by atomic mass is 9.88. The Hall–Kier alpha value is -3.40. The zero-order chi connectivity index (χ0) is 18.8. The first-order valence-electron chi connectivity index (χ1n) is 8.96. The summed E-state index contributed by atoms with van der Waals surface area (Å²) in [6.07, 6.45) is 0. The number of carbonyl (C=O) groups excluding carboxylic acids is 1. The maximum Gasteiger partial charge on any atom is 0.261 e. The van der Waals surface area contributed by atoms with E-state index in [0.717, 1.165) is 28.2 Å². The van der Waals surface area contributed by atoms with E-state index in [1.165, 1.54) is 5.01 Å². The standard InChI is InChI=1S/C23H21N3O/c1-25(2)20-16-10-9-15-19(20)21-22(17-11-5-3-6-12-17)24-26(23(21)27)18-13-7-4-8-14-18/h3-16,21H,1-2H3. The van der Waals surface area contributed by atoms with Crippen molar-refractivity contribution >= 4 is 23.0 Å². The SMILES string of the molecule is CN(C)c1ccccc1C1C(=O)N(c2ccccc2)N=C1c1ccccc1. The van der Waals surface area contributed by atoms with Crippen molar-refractivity contribution in [1.29, 1.82) is 0 Å².